The lowest BCUT2D eigenvalue weighted by Gasteiger charge is -1.99. The van der Waals surface area contributed by atoms with Crippen LogP contribution in [0.1, 0.15) is 30.9 Å². The molecule has 2 rings (SSSR count). The molecule has 0 aliphatic rings. The van der Waals surface area contributed by atoms with Crippen LogP contribution in [0.2, 0.25) is 0 Å². The van der Waals surface area contributed by atoms with Crippen molar-refractivity contribution in [2.24, 2.45) is 0 Å². The fourth-order valence-corrected chi connectivity index (χ4v) is 1.73. The van der Waals surface area contributed by atoms with Gasteiger partial charge in [-0.2, -0.15) is 0 Å². The van der Waals surface area contributed by atoms with E-state index in [0.717, 1.165) is 18.4 Å². The zero-order chi connectivity index (χ0) is 11.4. The smallest absolute Gasteiger partial charge is 0.0251 e. The number of fused-ring (bicyclic) bond motifs is 1. The van der Waals surface area contributed by atoms with E-state index in [0.29, 0.717) is 0 Å². The van der Waals surface area contributed by atoms with Crippen LogP contribution in [0.5, 0.6) is 0 Å². The summed E-state index contributed by atoms with van der Waals surface area (Å²) in [5.74, 6) is 6.38. The summed E-state index contributed by atoms with van der Waals surface area (Å²) in [5, 5.41) is 2.56. The zero-order valence-corrected chi connectivity index (χ0v) is 9.88. The number of hydrogen-bond acceptors (Lipinski definition) is 0. The predicted octanol–water partition coefficient (Wildman–Crippen LogP) is 4.30. The van der Waals surface area contributed by atoms with Gasteiger partial charge in [0.2, 0.25) is 0 Å². The Morgan fingerprint density at radius 1 is 1.00 bits per heavy atom. The summed E-state index contributed by atoms with van der Waals surface area (Å²) >= 11 is 0. The average molecular weight is 208 g/mol. The Balaban J connectivity index is 2.38. The third-order valence-electron chi connectivity index (χ3n) is 2.60. The molecule has 0 saturated heterocycles. The molecule has 0 bridgehead atoms. The molecule has 0 heteroatoms. The highest BCUT2D eigenvalue weighted by atomic mass is 14.0. The van der Waals surface area contributed by atoms with Gasteiger partial charge in [0.25, 0.3) is 0 Å². The summed E-state index contributed by atoms with van der Waals surface area (Å²) in [7, 11) is 0. The SMILES string of the molecule is CCCC#Cc1ccc2cc(C)ccc2c1. The topological polar surface area (TPSA) is 0 Å². The molecule has 0 unspecified atom stereocenters. The molecule has 0 fully saturated rings. The second-order valence-electron chi connectivity index (χ2n) is 4.12. The second kappa shape index (κ2) is 4.86. The first-order valence-corrected chi connectivity index (χ1v) is 5.79. The second-order valence-corrected chi connectivity index (χ2v) is 4.12. The largest absolute Gasteiger partial charge is 0.0979 e. The van der Waals surface area contributed by atoms with E-state index in [-0.39, 0.29) is 0 Å². The molecule has 0 aliphatic heterocycles. The van der Waals surface area contributed by atoms with Gasteiger partial charge < -0.3 is 0 Å². The summed E-state index contributed by atoms with van der Waals surface area (Å²) < 4.78 is 0. The summed E-state index contributed by atoms with van der Waals surface area (Å²) in [6.45, 7) is 4.27. The van der Waals surface area contributed by atoms with Crippen LogP contribution in [0.4, 0.5) is 0 Å². The molecule has 0 heterocycles. The molecule has 0 nitrogen and oxygen atoms in total. The van der Waals surface area contributed by atoms with Crippen LogP contribution < -0.4 is 0 Å². The maximum absolute atomic E-state index is 3.20. The van der Waals surface area contributed by atoms with Gasteiger partial charge in [0.15, 0.2) is 0 Å². The van der Waals surface area contributed by atoms with Crippen molar-refractivity contribution in [2.45, 2.75) is 26.7 Å². The van der Waals surface area contributed by atoms with Gasteiger partial charge in [-0.05, 0) is 36.2 Å². The number of hydrogen-bond donors (Lipinski definition) is 0. The summed E-state index contributed by atoms with van der Waals surface area (Å²) in [4.78, 5) is 0. The van der Waals surface area contributed by atoms with E-state index in [4.69, 9.17) is 0 Å². The van der Waals surface area contributed by atoms with Gasteiger partial charge >= 0.3 is 0 Å². The Morgan fingerprint density at radius 2 is 1.75 bits per heavy atom. The minimum absolute atomic E-state index is 0.978. The van der Waals surface area contributed by atoms with Crippen LogP contribution in [0.25, 0.3) is 10.8 Å². The van der Waals surface area contributed by atoms with E-state index in [1.54, 1.807) is 0 Å². The van der Waals surface area contributed by atoms with Gasteiger partial charge in [0, 0.05) is 12.0 Å². The van der Waals surface area contributed by atoms with Crippen LogP contribution in [-0.4, -0.2) is 0 Å². The number of aryl methyl sites for hydroxylation is 1. The third kappa shape index (κ3) is 2.44. The fraction of sp³-hybridized carbons (Fsp3) is 0.250. The number of rotatable bonds is 1. The van der Waals surface area contributed by atoms with Crippen LogP contribution in [0.15, 0.2) is 36.4 Å². The quantitative estimate of drug-likeness (QED) is 0.613. The maximum Gasteiger partial charge on any atom is 0.0251 e. The Bertz CT molecular complexity index is 553. The van der Waals surface area contributed by atoms with Gasteiger partial charge in [0.05, 0.1) is 0 Å². The third-order valence-corrected chi connectivity index (χ3v) is 2.60. The van der Waals surface area contributed by atoms with Gasteiger partial charge in [0.1, 0.15) is 0 Å². The molecule has 0 spiro atoms. The van der Waals surface area contributed by atoms with Crippen LogP contribution in [0.3, 0.4) is 0 Å². The molecule has 0 saturated carbocycles. The first kappa shape index (κ1) is 10.8. The molecule has 0 aliphatic carbocycles. The minimum atomic E-state index is 0.978. The van der Waals surface area contributed by atoms with Gasteiger partial charge in [-0.3, -0.25) is 0 Å². The molecule has 0 atom stereocenters. The van der Waals surface area contributed by atoms with Crippen molar-refractivity contribution in [2.75, 3.05) is 0 Å². The summed E-state index contributed by atoms with van der Waals surface area (Å²) in [5.41, 5.74) is 2.42. The lowest BCUT2D eigenvalue weighted by Crippen LogP contribution is -1.78. The Labute approximate surface area is 97.3 Å². The van der Waals surface area contributed by atoms with Gasteiger partial charge in [-0.15, -0.1) is 0 Å². The average Bonchev–Trinajstić information content (AvgIpc) is 2.29. The first-order chi connectivity index (χ1) is 7.79. The maximum atomic E-state index is 3.20. The number of unbranched alkanes of at least 4 members (excludes halogenated alkanes) is 1. The minimum Gasteiger partial charge on any atom is -0.0979 e. The van der Waals surface area contributed by atoms with Crippen LogP contribution in [0, 0.1) is 18.8 Å². The first-order valence-electron chi connectivity index (χ1n) is 5.79. The molecule has 80 valence electrons. The fourth-order valence-electron chi connectivity index (χ4n) is 1.73. The summed E-state index contributed by atoms with van der Waals surface area (Å²) in [6, 6.07) is 12.9. The van der Waals surface area contributed by atoms with E-state index in [2.05, 4.69) is 62.1 Å². The van der Waals surface area contributed by atoms with Crippen LogP contribution >= 0.6 is 0 Å². The highest BCUT2D eigenvalue weighted by Gasteiger charge is 1.94. The molecular formula is C16H16. The van der Waals surface area contributed by atoms with Gasteiger partial charge in [-0.1, -0.05) is 48.6 Å². The van der Waals surface area contributed by atoms with Crippen molar-refractivity contribution < 1.29 is 0 Å². The van der Waals surface area contributed by atoms with Crippen molar-refractivity contribution in [3.63, 3.8) is 0 Å². The van der Waals surface area contributed by atoms with E-state index in [1.165, 1.54) is 16.3 Å². The normalized spacial score (nSPS) is 9.88. The molecule has 2 aromatic carbocycles. The Morgan fingerprint density at radius 3 is 2.56 bits per heavy atom. The molecule has 0 radical (unpaired) electrons. The van der Waals surface area contributed by atoms with E-state index >= 15 is 0 Å². The summed E-state index contributed by atoms with van der Waals surface area (Å²) in [6.07, 6.45) is 2.10. The van der Waals surface area contributed by atoms with Crippen molar-refractivity contribution in [3.8, 4) is 11.8 Å². The number of benzene rings is 2. The zero-order valence-electron chi connectivity index (χ0n) is 9.88. The van der Waals surface area contributed by atoms with E-state index in [9.17, 15) is 0 Å². The van der Waals surface area contributed by atoms with E-state index in [1.807, 2.05) is 0 Å². The van der Waals surface area contributed by atoms with Crippen molar-refractivity contribution in [1.29, 1.82) is 0 Å². The molecule has 0 aromatic heterocycles. The van der Waals surface area contributed by atoms with Crippen molar-refractivity contribution in [1.82, 2.24) is 0 Å². The lowest BCUT2D eigenvalue weighted by molar-refractivity contribution is 0.983. The lowest BCUT2D eigenvalue weighted by atomic mass is 10.0. The molecule has 0 N–H and O–H groups in total. The van der Waals surface area contributed by atoms with Crippen molar-refractivity contribution in [3.05, 3.63) is 47.5 Å². The monoisotopic (exact) mass is 208 g/mol. The Kier molecular flexibility index (Phi) is 3.27. The Hall–Kier alpha value is -1.74. The molecular weight excluding hydrogens is 192 g/mol. The van der Waals surface area contributed by atoms with Gasteiger partial charge in [-0.25, -0.2) is 0 Å². The van der Waals surface area contributed by atoms with Crippen molar-refractivity contribution >= 4 is 10.8 Å². The standard InChI is InChI=1S/C16H16/c1-3-4-5-6-14-8-10-15-11-13(2)7-9-16(15)12-14/h7-12H,3-4H2,1-2H3. The van der Waals surface area contributed by atoms with Crippen LogP contribution in [-0.2, 0) is 0 Å². The predicted molar refractivity (Wildman–Crippen MR) is 70.5 cm³/mol. The molecule has 0 amide bonds. The van der Waals surface area contributed by atoms with E-state index < -0.39 is 0 Å². The highest BCUT2D eigenvalue weighted by Crippen LogP contribution is 2.17. The highest BCUT2D eigenvalue weighted by molar-refractivity contribution is 5.84. The molecule has 2 aromatic rings. The molecule has 16 heavy (non-hydrogen) atoms.